The second kappa shape index (κ2) is 5.25. The van der Waals surface area contributed by atoms with E-state index in [2.05, 4.69) is 20.3 Å². The first-order chi connectivity index (χ1) is 8.29. The Morgan fingerprint density at radius 2 is 2.12 bits per heavy atom. The van der Waals surface area contributed by atoms with Gasteiger partial charge in [0.05, 0.1) is 12.2 Å². The Balaban J connectivity index is 2.11. The molecule has 0 aliphatic heterocycles. The van der Waals surface area contributed by atoms with Gasteiger partial charge in [-0.2, -0.15) is 0 Å². The van der Waals surface area contributed by atoms with Crippen LogP contribution in [-0.2, 0) is 6.54 Å². The van der Waals surface area contributed by atoms with Gasteiger partial charge in [0.15, 0.2) is 0 Å². The highest BCUT2D eigenvalue weighted by Gasteiger charge is 2.05. The number of aromatic nitrogens is 3. The van der Waals surface area contributed by atoms with Crippen molar-refractivity contribution in [2.75, 3.05) is 24.3 Å². The van der Waals surface area contributed by atoms with Gasteiger partial charge in [0.25, 0.3) is 0 Å². The van der Waals surface area contributed by atoms with E-state index >= 15 is 0 Å². The molecule has 0 saturated carbocycles. The maximum Gasteiger partial charge on any atom is 0.134 e. The van der Waals surface area contributed by atoms with Crippen molar-refractivity contribution in [2.24, 2.45) is 0 Å². The molecule has 88 valence electrons. The Hall–Kier alpha value is -2.17. The van der Waals surface area contributed by atoms with Crippen molar-refractivity contribution in [3.05, 3.63) is 42.5 Å². The minimum absolute atomic E-state index is 0.723. The SMILES string of the molecule is CNc1cc(N(C)Cc2ccccn2)ncn1. The lowest BCUT2D eigenvalue weighted by Gasteiger charge is -2.17. The Morgan fingerprint density at radius 3 is 2.82 bits per heavy atom. The van der Waals surface area contributed by atoms with E-state index < -0.39 is 0 Å². The van der Waals surface area contributed by atoms with Gasteiger partial charge in [0.1, 0.15) is 18.0 Å². The summed E-state index contributed by atoms with van der Waals surface area (Å²) in [5.41, 5.74) is 1.01. The fourth-order valence-electron chi connectivity index (χ4n) is 1.51. The molecular formula is C12H15N5. The molecule has 0 unspecified atom stereocenters. The van der Waals surface area contributed by atoms with Crippen molar-refractivity contribution in [1.82, 2.24) is 15.0 Å². The Morgan fingerprint density at radius 1 is 1.24 bits per heavy atom. The first kappa shape index (κ1) is 11.3. The van der Waals surface area contributed by atoms with Crippen LogP contribution in [0.3, 0.4) is 0 Å². The molecule has 0 aliphatic carbocycles. The fraction of sp³-hybridized carbons (Fsp3) is 0.250. The zero-order valence-electron chi connectivity index (χ0n) is 9.96. The highest BCUT2D eigenvalue weighted by Crippen LogP contribution is 2.13. The van der Waals surface area contributed by atoms with Crippen LogP contribution in [0.4, 0.5) is 11.6 Å². The lowest BCUT2D eigenvalue weighted by atomic mass is 10.3. The topological polar surface area (TPSA) is 53.9 Å². The summed E-state index contributed by atoms with van der Waals surface area (Å²) < 4.78 is 0. The molecule has 0 aromatic carbocycles. The summed E-state index contributed by atoms with van der Waals surface area (Å²) in [6.07, 6.45) is 3.35. The Kier molecular flexibility index (Phi) is 3.49. The van der Waals surface area contributed by atoms with E-state index in [-0.39, 0.29) is 0 Å². The quantitative estimate of drug-likeness (QED) is 0.862. The number of nitrogens with zero attached hydrogens (tertiary/aromatic N) is 4. The van der Waals surface area contributed by atoms with Crippen LogP contribution < -0.4 is 10.2 Å². The lowest BCUT2D eigenvalue weighted by molar-refractivity contribution is 0.861. The van der Waals surface area contributed by atoms with Gasteiger partial charge in [-0.05, 0) is 12.1 Å². The van der Waals surface area contributed by atoms with Crippen molar-refractivity contribution in [3.63, 3.8) is 0 Å². The Labute approximate surface area is 101 Å². The van der Waals surface area contributed by atoms with Crippen LogP contribution in [0.2, 0.25) is 0 Å². The minimum atomic E-state index is 0.723. The van der Waals surface area contributed by atoms with Crippen LogP contribution in [0.25, 0.3) is 0 Å². The van der Waals surface area contributed by atoms with Gasteiger partial charge in [0.2, 0.25) is 0 Å². The van der Waals surface area contributed by atoms with Crippen molar-refractivity contribution in [3.8, 4) is 0 Å². The fourth-order valence-corrected chi connectivity index (χ4v) is 1.51. The van der Waals surface area contributed by atoms with Gasteiger partial charge in [-0.1, -0.05) is 6.07 Å². The van der Waals surface area contributed by atoms with Crippen molar-refractivity contribution in [1.29, 1.82) is 0 Å². The van der Waals surface area contributed by atoms with Gasteiger partial charge in [-0.15, -0.1) is 0 Å². The van der Waals surface area contributed by atoms with Crippen molar-refractivity contribution in [2.45, 2.75) is 6.54 Å². The molecule has 5 heteroatoms. The number of anilines is 2. The van der Waals surface area contributed by atoms with E-state index in [1.165, 1.54) is 0 Å². The molecule has 17 heavy (non-hydrogen) atoms. The van der Waals surface area contributed by atoms with Crippen molar-refractivity contribution >= 4 is 11.6 Å². The molecule has 2 aromatic rings. The summed E-state index contributed by atoms with van der Waals surface area (Å²) in [5, 5.41) is 2.99. The molecule has 0 atom stereocenters. The van der Waals surface area contributed by atoms with Gasteiger partial charge in [0, 0.05) is 26.4 Å². The predicted octanol–water partition coefficient (Wildman–Crippen LogP) is 1.55. The molecule has 1 N–H and O–H groups in total. The first-order valence-electron chi connectivity index (χ1n) is 5.40. The molecule has 2 aromatic heterocycles. The largest absolute Gasteiger partial charge is 0.373 e. The molecule has 2 heterocycles. The van der Waals surface area contributed by atoms with E-state index in [0.717, 1.165) is 23.9 Å². The van der Waals surface area contributed by atoms with Crippen LogP contribution in [0.1, 0.15) is 5.69 Å². The summed E-state index contributed by atoms with van der Waals surface area (Å²) in [7, 11) is 3.82. The lowest BCUT2D eigenvalue weighted by Crippen LogP contribution is -2.18. The van der Waals surface area contributed by atoms with Gasteiger partial charge < -0.3 is 10.2 Å². The molecule has 0 fully saturated rings. The van der Waals surface area contributed by atoms with Gasteiger partial charge >= 0.3 is 0 Å². The highest BCUT2D eigenvalue weighted by atomic mass is 15.2. The summed E-state index contributed by atoms with van der Waals surface area (Å²) in [4.78, 5) is 14.6. The van der Waals surface area contributed by atoms with Crippen LogP contribution in [0.5, 0.6) is 0 Å². The third-order valence-corrected chi connectivity index (χ3v) is 2.43. The summed E-state index contributed by atoms with van der Waals surface area (Å²) in [6, 6.07) is 7.79. The predicted molar refractivity (Wildman–Crippen MR) is 67.9 cm³/mol. The monoisotopic (exact) mass is 229 g/mol. The number of hydrogen-bond donors (Lipinski definition) is 1. The second-order valence-electron chi connectivity index (χ2n) is 3.69. The average Bonchev–Trinajstić information content (AvgIpc) is 2.40. The number of nitrogens with one attached hydrogen (secondary N) is 1. The molecular weight excluding hydrogens is 214 g/mol. The first-order valence-corrected chi connectivity index (χ1v) is 5.40. The highest BCUT2D eigenvalue weighted by molar-refractivity contribution is 5.47. The number of pyridine rings is 1. The molecule has 0 spiro atoms. The molecule has 0 aliphatic rings. The minimum Gasteiger partial charge on any atom is -0.373 e. The molecule has 2 rings (SSSR count). The third-order valence-electron chi connectivity index (χ3n) is 2.43. The normalized spacial score (nSPS) is 10.0. The summed E-state index contributed by atoms with van der Waals surface area (Å²) in [6.45, 7) is 0.723. The number of hydrogen-bond acceptors (Lipinski definition) is 5. The summed E-state index contributed by atoms with van der Waals surface area (Å²) in [5.74, 6) is 1.68. The summed E-state index contributed by atoms with van der Waals surface area (Å²) >= 11 is 0. The average molecular weight is 229 g/mol. The zero-order valence-corrected chi connectivity index (χ0v) is 9.96. The van der Waals surface area contributed by atoms with Crippen LogP contribution in [-0.4, -0.2) is 29.0 Å². The molecule has 0 saturated heterocycles. The van der Waals surface area contributed by atoms with E-state index in [0.29, 0.717) is 0 Å². The Bertz CT molecular complexity index is 471. The smallest absolute Gasteiger partial charge is 0.134 e. The standard InChI is InChI=1S/C12H15N5/c1-13-11-7-12(16-9-15-11)17(2)8-10-5-3-4-6-14-10/h3-7,9H,8H2,1-2H3,(H,13,15,16). The van der Waals surface area contributed by atoms with Crippen molar-refractivity contribution < 1.29 is 0 Å². The molecule has 0 bridgehead atoms. The van der Waals surface area contributed by atoms with Crippen LogP contribution >= 0.6 is 0 Å². The van der Waals surface area contributed by atoms with E-state index in [4.69, 9.17) is 0 Å². The van der Waals surface area contributed by atoms with Crippen LogP contribution in [0, 0.1) is 0 Å². The second-order valence-corrected chi connectivity index (χ2v) is 3.69. The van der Waals surface area contributed by atoms with Crippen LogP contribution in [0.15, 0.2) is 36.8 Å². The van der Waals surface area contributed by atoms with E-state index in [1.54, 1.807) is 12.5 Å². The molecule has 0 radical (unpaired) electrons. The van der Waals surface area contributed by atoms with Gasteiger partial charge in [-0.25, -0.2) is 9.97 Å². The number of rotatable bonds is 4. The van der Waals surface area contributed by atoms with Gasteiger partial charge in [-0.3, -0.25) is 4.98 Å². The molecule has 0 amide bonds. The van der Waals surface area contributed by atoms with E-state index in [1.807, 2.05) is 43.3 Å². The molecule has 5 nitrogen and oxygen atoms in total. The maximum absolute atomic E-state index is 4.29. The zero-order chi connectivity index (χ0) is 12.1. The third kappa shape index (κ3) is 2.90. The maximum atomic E-state index is 4.29. The van der Waals surface area contributed by atoms with E-state index in [9.17, 15) is 0 Å².